The first-order valence-electron chi connectivity index (χ1n) is 3.71. The molecule has 1 heterocycles. The Bertz CT molecular complexity index is 115. The molecule has 3 atom stereocenters. The number of hydrogen-bond acceptors (Lipinski definition) is 2. The Hall–Kier alpha value is -0.0800. The van der Waals surface area contributed by atoms with Gasteiger partial charge in [-0.05, 0) is 18.8 Å². The minimum absolute atomic E-state index is 0.442. The van der Waals surface area contributed by atoms with Crippen LogP contribution in [0.2, 0.25) is 0 Å². The lowest BCUT2D eigenvalue weighted by atomic mass is 9.98. The van der Waals surface area contributed by atoms with Gasteiger partial charge in [-0.25, -0.2) is 0 Å². The van der Waals surface area contributed by atoms with Crippen LogP contribution in [-0.2, 0) is 4.74 Å². The van der Waals surface area contributed by atoms with Gasteiger partial charge in [0, 0.05) is 18.6 Å². The van der Waals surface area contributed by atoms with Gasteiger partial charge in [0.25, 0.3) is 0 Å². The highest BCUT2D eigenvalue weighted by atomic mass is 16.5. The van der Waals surface area contributed by atoms with E-state index in [0.29, 0.717) is 12.0 Å². The topological polar surface area (TPSA) is 35.2 Å². The summed E-state index contributed by atoms with van der Waals surface area (Å²) in [6, 6.07) is 0.442. The molecule has 2 rings (SSSR count). The van der Waals surface area contributed by atoms with E-state index in [4.69, 9.17) is 10.5 Å². The van der Waals surface area contributed by atoms with Gasteiger partial charge in [-0.3, -0.25) is 0 Å². The first-order chi connectivity index (χ1) is 4.38. The van der Waals surface area contributed by atoms with Gasteiger partial charge in [0.05, 0.1) is 6.61 Å². The molecule has 0 aromatic heterocycles. The fourth-order valence-electron chi connectivity index (χ4n) is 2.01. The van der Waals surface area contributed by atoms with Crippen molar-refractivity contribution in [3.8, 4) is 0 Å². The van der Waals surface area contributed by atoms with Crippen molar-refractivity contribution in [3.05, 3.63) is 0 Å². The largest absolute Gasteiger partial charge is 0.381 e. The molecule has 0 aromatic carbocycles. The number of rotatable bonds is 0. The molecule has 1 aliphatic carbocycles. The SMILES string of the molecule is NC1CCC2COCC12. The Morgan fingerprint density at radius 3 is 2.89 bits per heavy atom. The Kier molecular flexibility index (Phi) is 1.24. The van der Waals surface area contributed by atoms with Crippen LogP contribution in [0, 0.1) is 11.8 Å². The standard InChI is InChI=1S/C7H13NO/c8-7-2-1-5-3-9-4-6(5)7/h5-7H,1-4,8H2. The molecule has 0 aromatic rings. The summed E-state index contributed by atoms with van der Waals surface area (Å²) in [5.74, 6) is 1.50. The molecule has 0 bridgehead atoms. The molecule has 2 heteroatoms. The van der Waals surface area contributed by atoms with Crippen LogP contribution in [0.3, 0.4) is 0 Å². The maximum absolute atomic E-state index is 5.84. The molecular weight excluding hydrogens is 114 g/mol. The second kappa shape index (κ2) is 1.96. The van der Waals surface area contributed by atoms with Crippen molar-refractivity contribution in [2.24, 2.45) is 17.6 Å². The molecule has 2 fully saturated rings. The van der Waals surface area contributed by atoms with E-state index in [9.17, 15) is 0 Å². The van der Waals surface area contributed by atoms with Crippen LogP contribution in [-0.4, -0.2) is 19.3 Å². The minimum atomic E-state index is 0.442. The summed E-state index contributed by atoms with van der Waals surface area (Å²) in [4.78, 5) is 0. The molecule has 1 saturated carbocycles. The molecule has 1 aliphatic heterocycles. The van der Waals surface area contributed by atoms with E-state index in [0.717, 1.165) is 19.1 Å². The van der Waals surface area contributed by atoms with E-state index < -0.39 is 0 Å². The zero-order chi connectivity index (χ0) is 6.27. The van der Waals surface area contributed by atoms with E-state index in [1.807, 2.05) is 0 Å². The van der Waals surface area contributed by atoms with Crippen molar-refractivity contribution in [1.82, 2.24) is 0 Å². The quantitative estimate of drug-likeness (QED) is 0.510. The highest BCUT2D eigenvalue weighted by Crippen LogP contribution is 2.35. The van der Waals surface area contributed by atoms with E-state index in [1.165, 1.54) is 12.8 Å². The van der Waals surface area contributed by atoms with Crippen molar-refractivity contribution < 1.29 is 4.74 Å². The van der Waals surface area contributed by atoms with Gasteiger partial charge in [0.15, 0.2) is 0 Å². The second-order valence-corrected chi connectivity index (χ2v) is 3.20. The van der Waals surface area contributed by atoms with Crippen LogP contribution in [0.4, 0.5) is 0 Å². The second-order valence-electron chi connectivity index (χ2n) is 3.20. The van der Waals surface area contributed by atoms with Crippen LogP contribution in [0.5, 0.6) is 0 Å². The molecule has 0 spiro atoms. The first-order valence-corrected chi connectivity index (χ1v) is 3.71. The van der Waals surface area contributed by atoms with E-state index in [1.54, 1.807) is 0 Å². The molecular formula is C7H13NO. The fourth-order valence-corrected chi connectivity index (χ4v) is 2.01. The lowest BCUT2D eigenvalue weighted by Gasteiger charge is -2.09. The minimum Gasteiger partial charge on any atom is -0.381 e. The van der Waals surface area contributed by atoms with Gasteiger partial charge < -0.3 is 10.5 Å². The Balaban J connectivity index is 2.07. The summed E-state index contributed by atoms with van der Waals surface area (Å²) in [6.07, 6.45) is 2.52. The van der Waals surface area contributed by atoms with Gasteiger partial charge >= 0.3 is 0 Å². The van der Waals surface area contributed by atoms with Gasteiger partial charge in [-0.2, -0.15) is 0 Å². The Morgan fingerprint density at radius 2 is 2.11 bits per heavy atom. The maximum Gasteiger partial charge on any atom is 0.0512 e. The lowest BCUT2D eigenvalue weighted by Crippen LogP contribution is -2.27. The Morgan fingerprint density at radius 1 is 1.22 bits per heavy atom. The van der Waals surface area contributed by atoms with Crippen molar-refractivity contribution >= 4 is 0 Å². The predicted molar refractivity (Wildman–Crippen MR) is 35.0 cm³/mol. The number of hydrogen-bond donors (Lipinski definition) is 1. The molecule has 0 amide bonds. The van der Waals surface area contributed by atoms with E-state index in [2.05, 4.69) is 0 Å². The number of nitrogens with two attached hydrogens (primary N) is 1. The maximum atomic E-state index is 5.84. The molecule has 52 valence electrons. The van der Waals surface area contributed by atoms with E-state index in [-0.39, 0.29) is 0 Å². The van der Waals surface area contributed by atoms with Crippen molar-refractivity contribution in [2.75, 3.05) is 13.2 Å². The third kappa shape index (κ3) is 0.775. The fraction of sp³-hybridized carbons (Fsp3) is 1.00. The zero-order valence-electron chi connectivity index (χ0n) is 5.55. The lowest BCUT2D eigenvalue weighted by molar-refractivity contribution is 0.170. The number of fused-ring (bicyclic) bond motifs is 1. The average Bonchev–Trinajstić information content (AvgIpc) is 2.35. The van der Waals surface area contributed by atoms with Crippen LogP contribution in [0.15, 0.2) is 0 Å². The molecule has 2 nitrogen and oxygen atoms in total. The van der Waals surface area contributed by atoms with Gasteiger partial charge in [0.1, 0.15) is 0 Å². The monoisotopic (exact) mass is 127 g/mol. The smallest absolute Gasteiger partial charge is 0.0512 e. The molecule has 9 heavy (non-hydrogen) atoms. The predicted octanol–water partition coefficient (Wildman–Crippen LogP) is 0.370. The summed E-state index contributed by atoms with van der Waals surface area (Å²) >= 11 is 0. The van der Waals surface area contributed by atoms with Crippen LogP contribution in [0.1, 0.15) is 12.8 Å². The highest BCUT2D eigenvalue weighted by molar-refractivity contribution is 4.90. The van der Waals surface area contributed by atoms with Crippen molar-refractivity contribution in [1.29, 1.82) is 0 Å². The van der Waals surface area contributed by atoms with Crippen LogP contribution >= 0.6 is 0 Å². The van der Waals surface area contributed by atoms with Crippen molar-refractivity contribution in [3.63, 3.8) is 0 Å². The summed E-state index contributed by atoms with van der Waals surface area (Å²) in [7, 11) is 0. The van der Waals surface area contributed by atoms with E-state index >= 15 is 0 Å². The molecule has 3 unspecified atom stereocenters. The van der Waals surface area contributed by atoms with Gasteiger partial charge in [-0.1, -0.05) is 0 Å². The zero-order valence-corrected chi connectivity index (χ0v) is 5.55. The third-order valence-electron chi connectivity index (χ3n) is 2.67. The average molecular weight is 127 g/mol. The summed E-state index contributed by atoms with van der Waals surface area (Å²) < 4.78 is 5.30. The molecule has 2 N–H and O–H groups in total. The van der Waals surface area contributed by atoms with Gasteiger partial charge in [-0.15, -0.1) is 0 Å². The molecule has 2 aliphatic rings. The summed E-state index contributed by atoms with van der Waals surface area (Å²) in [5, 5.41) is 0. The summed E-state index contributed by atoms with van der Waals surface area (Å²) in [5.41, 5.74) is 5.84. The van der Waals surface area contributed by atoms with Crippen LogP contribution in [0.25, 0.3) is 0 Å². The molecule has 0 radical (unpaired) electrons. The first kappa shape index (κ1) is 5.69. The normalized spacial score (nSPS) is 49.7. The Labute approximate surface area is 55.4 Å². The van der Waals surface area contributed by atoms with Gasteiger partial charge in [0.2, 0.25) is 0 Å². The highest BCUT2D eigenvalue weighted by Gasteiger charge is 2.37. The third-order valence-corrected chi connectivity index (χ3v) is 2.67. The number of ether oxygens (including phenoxy) is 1. The molecule has 1 saturated heterocycles. The van der Waals surface area contributed by atoms with Crippen molar-refractivity contribution in [2.45, 2.75) is 18.9 Å². The summed E-state index contributed by atoms with van der Waals surface area (Å²) in [6.45, 7) is 1.89. The van der Waals surface area contributed by atoms with Crippen LogP contribution < -0.4 is 5.73 Å².